The van der Waals surface area contributed by atoms with E-state index in [0.717, 1.165) is 57.4 Å². The minimum absolute atomic E-state index is 0.166. The van der Waals surface area contributed by atoms with Crippen molar-refractivity contribution in [3.63, 3.8) is 0 Å². The zero-order chi connectivity index (χ0) is 14.5. The molecule has 2 aliphatic heterocycles. The van der Waals surface area contributed by atoms with Gasteiger partial charge in [-0.05, 0) is 37.4 Å². The number of carbonyl (C=O) groups is 1. The number of nitrogens with zero attached hydrogens (tertiary/aromatic N) is 2. The standard InChI is InChI=1S/C17H24N2O2/c20-17(16-4-2-1-3-5-16)19-11-9-18(10-12-19)8-6-15-7-13-21-14-15/h1-5,15H,6-14H2/t15-/m1/s1. The average Bonchev–Trinajstić information content (AvgIpc) is 3.07. The molecule has 2 saturated heterocycles. The highest BCUT2D eigenvalue weighted by atomic mass is 16.5. The second kappa shape index (κ2) is 7.05. The van der Waals surface area contributed by atoms with Crippen LogP contribution < -0.4 is 0 Å². The monoisotopic (exact) mass is 288 g/mol. The first kappa shape index (κ1) is 14.5. The Kier molecular flexibility index (Phi) is 4.88. The van der Waals surface area contributed by atoms with Gasteiger partial charge in [-0.1, -0.05) is 18.2 Å². The molecular formula is C17H24N2O2. The summed E-state index contributed by atoms with van der Waals surface area (Å²) in [7, 11) is 0. The van der Waals surface area contributed by atoms with Gasteiger partial charge >= 0.3 is 0 Å². The molecule has 1 amide bonds. The van der Waals surface area contributed by atoms with Crippen molar-refractivity contribution >= 4 is 5.91 Å². The van der Waals surface area contributed by atoms with Crippen molar-refractivity contribution in [3.8, 4) is 0 Å². The van der Waals surface area contributed by atoms with Crippen LogP contribution in [-0.4, -0.2) is 61.6 Å². The van der Waals surface area contributed by atoms with Crippen LogP contribution in [0.15, 0.2) is 30.3 Å². The zero-order valence-corrected chi connectivity index (χ0v) is 12.5. The fourth-order valence-electron chi connectivity index (χ4n) is 3.11. The molecule has 0 N–H and O–H groups in total. The Morgan fingerprint density at radius 2 is 1.90 bits per heavy atom. The van der Waals surface area contributed by atoms with E-state index in [2.05, 4.69) is 4.90 Å². The van der Waals surface area contributed by atoms with Gasteiger partial charge in [0, 0.05) is 45.0 Å². The van der Waals surface area contributed by atoms with Gasteiger partial charge in [0.1, 0.15) is 0 Å². The molecule has 0 saturated carbocycles. The third kappa shape index (κ3) is 3.83. The summed E-state index contributed by atoms with van der Waals surface area (Å²) in [4.78, 5) is 16.8. The summed E-state index contributed by atoms with van der Waals surface area (Å²) < 4.78 is 5.42. The molecule has 0 aromatic heterocycles. The van der Waals surface area contributed by atoms with Crippen molar-refractivity contribution in [2.24, 2.45) is 5.92 Å². The molecule has 2 fully saturated rings. The Bertz CT molecular complexity index is 449. The van der Waals surface area contributed by atoms with Gasteiger partial charge in [0.05, 0.1) is 0 Å². The van der Waals surface area contributed by atoms with Gasteiger partial charge < -0.3 is 9.64 Å². The van der Waals surface area contributed by atoms with E-state index in [0.29, 0.717) is 0 Å². The minimum atomic E-state index is 0.166. The molecule has 0 aliphatic carbocycles. The number of ether oxygens (including phenoxy) is 1. The van der Waals surface area contributed by atoms with Crippen molar-refractivity contribution in [1.29, 1.82) is 0 Å². The van der Waals surface area contributed by atoms with E-state index in [1.54, 1.807) is 0 Å². The summed E-state index contributed by atoms with van der Waals surface area (Å²) in [5.41, 5.74) is 0.800. The molecule has 1 atom stereocenters. The van der Waals surface area contributed by atoms with Crippen LogP contribution in [-0.2, 0) is 4.74 Å². The maximum atomic E-state index is 12.4. The van der Waals surface area contributed by atoms with Gasteiger partial charge in [0.25, 0.3) is 5.91 Å². The van der Waals surface area contributed by atoms with Crippen LogP contribution in [0.4, 0.5) is 0 Å². The van der Waals surface area contributed by atoms with Crippen molar-refractivity contribution in [1.82, 2.24) is 9.80 Å². The van der Waals surface area contributed by atoms with E-state index in [1.807, 2.05) is 35.2 Å². The first-order valence-electron chi connectivity index (χ1n) is 7.97. The van der Waals surface area contributed by atoms with Gasteiger partial charge in [-0.25, -0.2) is 0 Å². The Balaban J connectivity index is 1.43. The average molecular weight is 288 g/mol. The van der Waals surface area contributed by atoms with E-state index >= 15 is 0 Å². The Labute approximate surface area is 126 Å². The number of carbonyl (C=O) groups excluding carboxylic acids is 1. The summed E-state index contributed by atoms with van der Waals surface area (Å²) >= 11 is 0. The Morgan fingerprint density at radius 1 is 1.14 bits per heavy atom. The number of benzene rings is 1. The first-order chi connectivity index (χ1) is 10.3. The van der Waals surface area contributed by atoms with Crippen LogP contribution >= 0.6 is 0 Å². The number of piperazine rings is 1. The summed E-state index contributed by atoms with van der Waals surface area (Å²) in [5, 5.41) is 0. The summed E-state index contributed by atoms with van der Waals surface area (Å²) in [5.74, 6) is 0.911. The number of amides is 1. The fraction of sp³-hybridized carbons (Fsp3) is 0.588. The predicted molar refractivity (Wildman–Crippen MR) is 82.3 cm³/mol. The predicted octanol–water partition coefficient (Wildman–Crippen LogP) is 1.87. The molecule has 1 aromatic rings. The Morgan fingerprint density at radius 3 is 2.57 bits per heavy atom. The van der Waals surface area contributed by atoms with Crippen LogP contribution in [0.25, 0.3) is 0 Å². The van der Waals surface area contributed by atoms with E-state index in [9.17, 15) is 4.79 Å². The molecule has 1 aromatic carbocycles. The van der Waals surface area contributed by atoms with E-state index in [1.165, 1.54) is 12.8 Å². The summed E-state index contributed by atoms with van der Waals surface area (Å²) in [6, 6.07) is 9.59. The second-order valence-corrected chi connectivity index (χ2v) is 6.02. The molecule has 114 valence electrons. The van der Waals surface area contributed by atoms with Crippen LogP contribution in [0.3, 0.4) is 0 Å². The molecule has 2 aliphatic rings. The molecule has 21 heavy (non-hydrogen) atoms. The molecule has 0 spiro atoms. The lowest BCUT2D eigenvalue weighted by Gasteiger charge is -2.35. The first-order valence-corrected chi connectivity index (χ1v) is 7.97. The maximum absolute atomic E-state index is 12.4. The smallest absolute Gasteiger partial charge is 0.253 e. The summed E-state index contributed by atoms with van der Waals surface area (Å²) in [6.07, 6.45) is 2.44. The van der Waals surface area contributed by atoms with E-state index < -0.39 is 0 Å². The lowest BCUT2D eigenvalue weighted by atomic mass is 10.0. The molecule has 2 heterocycles. The zero-order valence-electron chi connectivity index (χ0n) is 12.5. The van der Waals surface area contributed by atoms with Crippen LogP contribution in [0.5, 0.6) is 0 Å². The molecule has 0 bridgehead atoms. The molecule has 3 rings (SSSR count). The maximum Gasteiger partial charge on any atom is 0.253 e. The highest BCUT2D eigenvalue weighted by Gasteiger charge is 2.23. The highest BCUT2D eigenvalue weighted by Crippen LogP contribution is 2.17. The van der Waals surface area contributed by atoms with Crippen molar-refractivity contribution < 1.29 is 9.53 Å². The lowest BCUT2D eigenvalue weighted by molar-refractivity contribution is 0.0629. The van der Waals surface area contributed by atoms with Gasteiger partial charge in [-0.3, -0.25) is 9.69 Å². The fourth-order valence-corrected chi connectivity index (χ4v) is 3.11. The van der Waals surface area contributed by atoms with Gasteiger partial charge in [-0.2, -0.15) is 0 Å². The number of rotatable bonds is 4. The largest absolute Gasteiger partial charge is 0.381 e. The van der Waals surface area contributed by atoms with Crippen molar-refractivity contribution in [2.75, 3.05) is 45.9 Å². The van der Waals surface area contributed by atoms with Crippen molar-refractivity contribution in [2.45, 2.75) is 12.8 Å². The summed E-state index contributed by atoms with van der Waals surface area (Å²) in [6.45, 7) is 6.68. The minimum Gasteiger partial charge on any atom is -0.381 e. The number of hydrogen-bond acceptors (Lipinski definition) is 3. The van der Waals surface area contributed by atoms with Crippen molar-refractivity contribution in [3.05, 3.63) is 35.9 Å². The molecule has 4 nitrogen and oxygen atoms in total. The van der Waals surface area contributed by atoms with E-state index in [4.69, 9.17) is 4.74 Å². The van der Waals surface area contributed by atoms with Gasteiger partial charge in [-0.15, -0.1) is 0 Å². The number of hydrogen-bond donors (Lipinski definition) is 0. The molecule has 0 radical (unpaired) electrons. The normalized spacial score (nSPS) is 23.4. The third-order valence-electron chi connectivity index (χ3n) is 4.56. The topological polar surface area (TPSA) is 32.8 Å². The van der Waals surface area contributed by atoms with Gasteiger partial charge in [0.2, 0.25) is 0 Å². The highest BCUT2D eigenvalue weighted by molar-refractivity contribution is 5.94. The van der Waals surface area contributed by atoms with Gasteiger partial charge in [0.15, 0.2) is 0 Å². The lowest BCUT2D eigenvalue weighted by Crippen LogP contribution is -2.49. The quantitative estimate of drug-likeness (QED) is 0.848. The van der Waals surface area contributed by atoms with E-state index in [-0.39, 0.29) is 5.91 Å². The van der Waals surface area contributed by atoms with Crippen LogP contribution in [0, 0.1) is 5.92 Å². The SMILES string of the molecule is O=C(c1ccccc1)N1CCN(CC[C@@H]2CCOC2)CC1. The third-order valence-corrected chi connectivity index (χ3v) is 4.56. The van der Waals surface area contributed by atoms with Crippen LogP contribution in [0.2, 0.25) is 0 Å². The Hall–Kier alpha value is -1.39. The molecule has 4 heteroatoms. The molecule has 0 unspecified atom stereocenters. The van der Waals surface area contributed by atoms with Crippen LogP contribution in [0.1, 0.15) is 23.2 Å². The second-order valence-electron chi connectivity index (χ2n) is 6.02. The molecular weight excluding hydrogens is 264 g/mol.